The van der Waals surface area contributed by atoms with Crippen LogP contribution in [0.1, 0.15) is 18.2 Å². The van der Waals surface area contributed by atoms with Crippen LogP contribution < -0.4 is 5.73 Å². The fourth-order valence-electron chi connectivity index (χ4n) is 1.57. The molecular weight excluding hydrogens is 192 g/mol. The number of nitrogen functional groups attached to an aromatic ring is 1. The fourth-order valence-corrected chi connectivity index (χ4v) is 1.57. The molecule has 0 aliphatic carbocycles. The van der Waals surface area contributed by atoms with Crippen molar-refractivity contribution in [3.8, 4) is 11.4 Å². The number of H-pyrrole nitrogens is 1. The summed E-state index contributed by atoms with van der Waals surface area (Å²) in [5.74, 6) is 0.539. The summed E-state index contributed by atoms with van der Waals surface area (Å²) < 4.78 is 1.73. The minimum Gasteiger partial charge on any atom is -0.382 e. The van der Waals surface area contributed by atoms with E-state index < -0.39 is 0 Å². The van der Waals surface area contributed by atoms with Crippen molar-refractivity contribution in [1.29, 1.82) is 0 Å². The Morgan fingerprint density at radius 2 is 2.20 bits per heavy atom. The van der Waals surface area contributed by atoms with Crippen molar-refractivity contribution in [3.05, 3.63) is 11.3 Å². The second kappa shape index (κ2) is 3.38. The van der Waals surface area contributed by atoms with Gasteiger partial charge in [-0.25, -0.2) is 0 Å². The first kappa shape index (κ1) is 9.70. The highest BCUT2D eigenvalue weighted by molar-refractivity contribution is 5.66. The molecule has 0 spiro atoms. The lowest BCUT2D eigenvalue weighted by Crippen LogP contribution is -1.94. The molecule has 0 saturated carbocycles. The molecule has 2 heterocycles. The zero-order valence-electron chi connectivity index (χ0n) is 9.07. The Morgan fingerprint density at radius 3 is 2.73 bits per heavy atom. The molecule has 0 radical (unpaired) electrons. The predicted molar refractivity (Wildman–Crippen MR) is 57.1 cm³/mol. The summed E-state index contributed by atoms with van der Waals surface area (Å²) >= 11 is 0. The summed E-state index contributed by atoms with van der Waals surface area (Å²) in [6.07, 6.45) is 0.827. The molecule has 80 valence electrons. The van der Waals surface area contributed by atoms with Gasteiger partial charge in [0.2, 0.25) is 0 Å². The number of aromatic nitrogens is 5. The summed E-state index contributed by atoms with van der Waals surface area (Å²) in [5.41, 5.74) is 9.43. The number of aromatic amines is 1. The highest BCUT2D eigenvalue weighted by Crippen LogP contribution is 2.25. The van der Waals surface area contributed by atoms with Gasteiger partial charge in [0.1, 0.15) is 11.5 Å². The Morgan fingerprint density at radius 1 is 1.47 bits per heavy atom. The molecule has 0 fully saturated rings. The second-order valence-electron chi connectivity index (χ2n) is 3.46. The van der Waals surface area contributed by atoms with Crippen LogP contribution in [0.25, 0.3) is 11.4 Å². The summed E-state index contributed by atoms with van der Waals surface area (Å²) in [4.78, 5) is 0. The third-order valence-corrected chi connectivity index (χ3v) is 2.60. The maximum absolute atomic E-state index is 5.75. The maximum Gasteiger partial charge on any atom is 0.149 e. The van der Waals surface area contributed by atoms with E-state index in [1.165, 1.54) is 0 Å². The van der Waals surface area contributed by atoms with Crippen molar-refractivity contribution in [2.75, 3.05) is 5.73 Å². The number of anilines is 1. The second-order valence-corrected chi connectivity index (χ2v) is 3.46. The molecule has 0 unspecified atom stereocenters. The standard InChI is InChI=1S/C9H14N6/c1-4-6-8(11-13-9(6)10)7-5(2)15(3)14-12-7/h4H2,1-3H3,(H3,10,11,13). The molecule has 15 heavy (non-hydrogen) atoms. The Labute approximate surface area is 87.5 Å². The van der Waals surface area contributed by atoms with Crippen LogP contribution >= 0.6 is 0 Å². The van der Waals surface area contributed by atoms with E-state index in [2.05, 4.69) is 20.5 Å². The fraction of sp³-hybridized carbons (Fsp3) is 0.444. The van der Waals surface area contributed by atoms with E-state index in [1.807, 2.05) is 20.9 Å². The third-order valence-electron chi connectivity index (χ3n) is 2.60. The predicted octanol–water partition coefficient (Wildman–Crippen LogP) is 0.658. The van der Waals surface area contributed by atoms with Crippen molar-refractivity contribution in [2.45, 2.75) is 20.3 Å². The van der Waals surface area contributed by atoms with Crippen LogP contribution in [0, 0.1) is 6.92 Å². The van der Waals surface area contributed by atoms with Crippen LogP contribution in [0.3, 0.4) is 0 Å². The van der Waals surface area contributed by atoms with Gasteiger partial charge < -0.3 is 5.73 Å². The molecule has 6 nitrogen and oxygen atoms in total. The number of nitrogens with two attached hydrogens (primary N) is 1. The van der Waals surface area contributed by atoms with Crippen LogP contribution in [0.5, 0.6) is 0 Å². The van der Waals surface area contributed by atoms with Gasteiger partial charge in [0, 0.05) is 12.6 Å². The van der Waals surface area contributed by atoms with Crippen molar-refractivity contribution in [3.63, 3.8) is 0 Å². The van der Waals surface area contributed by atoms with Crippen LogP contribution in [0.15, 0.2) is 0 Å². The van der Waals surface area contributed by atoms with Gasteiger partial charge in [0.25, 0.3) is 0 Å². The quantitative estimate of drug-likeness (QED) is 0.755. The van der Waals surface area contributed by atoms with Crippen LogP contribution in [-0.4, -0.2) is 25.2 Å². The summed E-state index contributed by atoms with van der Waals surface area (Å²) in [7, 11) is 1.86. The van der Waals surface area contributed by atoms with Crippen molar-refractivity contribution < 1.29 is 0 Å². The van der Waals surface area contributed by atoms with E-state index in [-0.39, 0.29) is 0 Å². The molecule has 3 N–H and O–H groups in total. The van der Waals surface area contributed by atoms with Gasteiger partial charge in [0.15, 0.2) is 0 Å². The Bertz CT molecular complexity index is 481. The van der Waals surface area contributed by atoms with E-state index in [0.717, 1.165) is 29.1 Å². The van der Waals surface area contributed by atoms with Crippen LogP contribution in [0.4, 0.5) is 5.82 Å². The zero-order valence-corrected chi connectivity index (χ0v) is 9.07. The lowest BCUT2D eigenvalue weighted by Gasteiger charge is -1.98. The number of nitrogens with one attached hydrogen (secondary N) is 1. The Hall–Kier alpha value is -1.85. The SMILES string of the molecule is CCc1c(N)n[nH]c1-c1nnn(C)c1C. The minimum absolute atomic E-state index is 0.539. The Balaban J connectivity index is 2.58. The third kappa shape index (κ3) is 1.38. The molecule has 0 bridgehead atoms. The molecule has 0 aliphatic rings. The molecule has 0 aromatic carbocycles. The molecule has 0 aliphatic heterocycles. The van der Waals surface area contributed by atoms with E-state index >= 15 is 0 Å². The average molecular weight is 206 g/mol. The number of hydrogen-bond donors (Lipinski definition) is 2. The molecule has 2 aromatic rings. The summed E-state index contributed by atoms with van der Waals surface area (Å²) in [5, 5.41) is 14.9. The lowest BCUT2D eigenvalue weighted by atomic mass is 10.1. The average Bonchev–Trinajstić information content (AvgIpc) is 2.73. The topological polar surface area (TPSA) is 85.4 Å². The van der Waals surface area contributed by atoms with Crippen LogP contribution in [0.2, 0.25) is 0 Å². The first-order chi connectivity index (χ1) is 7.15. The summed E-state index contributed by atoms with van der Waals surface area (Å²) in [6, 6.07) is 0. The Kier molecular flexibility index (Phi) is 2.18. The van der Waals surface area contributed by atoms with Gasteiger partial charge in [-0.3, -0.25) is 9.78 Å². The van der Waals surface area contributed by atoms with Crippen molar-refractivity contribution in [1.82, 2.24) is 25.2 Å². The smallest absolute Gasteiger partial charge is 0.149 e. The molecule has 0 amide bonds. The van der Waals surface area contributed by atoms with Crippen molar-refractivity contribution in [2.24, 2.45) is 7.05 Å². The molecule has 0 atom stereocenters. The first-order valence-electron chi connectivity index (χ1n) is 4.84. The van der Waals surface area contributed by atoms with Gasteiger partial charge in [-0.15, -0.1) is 5.10 Å². The largest absolute Gasteiger partial charge is 0.382 e. The first-order valence-corrected chi connectivity index (χ1v) is 4.84. The summed E-state index contributed by atoms with van der Waals surface area (Å²) in [6.45, 7) is 4.00. The lowest BCUT2D eigenvalue weighted by molar-refractivity contribution is 0.696. The highest BCUT2D eigenvalue weighted by atomic mass is 15.4. The van der Waals surface area contributed by atoms with Gasteiger partial charge in [-0.2, -0.15) is 5.10 Å². The van der Waals surface area contributed by atoms with Gasteiger partial charge in [0.05, 0.1) is 11.4 Å². The van der Waals surface area contributed by atoms with Gasteiger partial charge in [-0.1, -0.05) is 12.1 Å². The number of hydrogen-bond acceptors (Lipinski definition) is 4. The number of aryl methyl sites for hydroxylation is 1. The van der Waals surface area contributed by atoms with Crippen LogP contribution in [-0.2, 0) is 13.5 Å². The van der Waals surface area contributed by atoms with E-state index in [4.69, 9.17) is 5.73 Å². The van der Waals surface area contributed by atoms with Gasteiger partial charge >= 0.3 is 0 Å². The maximum atomic E-state index is 5.75. The van der Waals surface area contributed by atoms with E-state index in [0.29, 0.717) is 5.82 Å². The molecular formula is C9H14N6. The minimum atomic E-state index is 0.539. The number of nitrogens with zero attached hydrogens (tertiary/aromatic N) is 4. The van der Waals surface area contributed by atoms with Gasteiger partial charge in [-0.05, 0) is 13.3 Å². The van der Waals surface area contributed by atoms with E-state index in [9.17, 15) is 0 Å². The normalized spacial score (nSPS) is 10.9. The molecule has 2 aromatic heterocycles. The molecule has 0 saturated heterocycles. The molecule has 2 rings (SSSR count). The van der Waals surface area contributed by atoms with Crippen molar-refractivity contribution >= 4 is 5.82 Å². The highest BCUT2D eigenvalue weighted by Gasteiger charge is 2.16. The zero-order chi connectivity index (χ0) is 11.0. The monoisotopic (exact) mass is 206 g/mol. The molecule has 6 heteroatoms. The van der Waals surface area contributed by atoms with E-state index in [1.54, 1.807) is 4.68 Å². The number of rotatable bonds is 2.